The van der Waals surface area contributed by atoms with Gasteiger partial charge in [0.1, 0.15) is 7.05 Å². The first-order chi connectivity index (χ1) is 6.70. The van der Waals surface area contributed by atoms with Gasteiger partial charge in [0.25, 0.3) is 0 Å². The largest absolute Gasteiger partial charge is 0.673 e. The van der Waals surface area contributed by atoms with E-state index in [0.717, 1.165) is 0 Å². The smallest absolute Gasteiger partial charge is 0.418 e. The molecule has 0 aliphatic carbocycles. The summed E-state index contributed by atoms with van der Waals surface area (Å²) < 4.78 is 41.0. The normalized spacial score (nSPS) is 10.3. The van der Waals surface area contributed by atoms with Gasteiger partial charge in [-0.05, 0) is 0 Å². The fourth-order valence-corrected chi connectivity index (χ4v) is 0.791. The Bertz CT molecular complexity index is 278. The van der Waals surface area contributed by atoms with Crippen LogP contribution in [0.3, 0.4) is 0 Å². The molecule has 0 aliphatic rings. The lowest BCUT2D eigenvalue weighted by molar-refractivity contribution is -0.671. The summed E-state index contributed by atoms with van der Waals surface area (Å²) in [4.78, 5) is 2.08. The molecule has 1 rings (SSSR count). The van der Waals surface area contributed by atoms with Crippen molar-refractivity contribution in [3.63, 3.8) is 0 Å². The Morgan fingerprint density at radius 3 is 1.67 bits per heavy atom. The first-order valence-electron chi connectivity index (χ1n) is 4.20. The molecule has 0 fully saturated rings. The zero-order chi connectivity index (χ0) is 12.1. The van der Waals surface area contributed by atoms with Gasteiger partial charge in [-0.25, -0.2) is 4.57 Å². The fraction of sp³-hybridized carbons (Fsp3) is 0.375. The van der Waals surface area contributed by atoms with Crippen LogP contribution in [0.1, 0.15) is 0 Å². The zero-order valence-electron chi connectivity index (χ0n) is 8.79. The highest BCUT2D eigenvalue weighted by atomic mass is 19.5. The maximum Gasteiger partial charge on any atom is 0.673 e. The Kier molecular flexibility index (Phi) is 5.11. The fourth-order valence-electron chi connectivity index (χ4n) is 0.791. The van der Waals surface area contributed by atoms with E-state index >= 15 is 0 Å². The summed E-state index contributed by atoms with van der Waals surface area (Å²) in [6, 6.07) is 4.17. The van der Waals surface area contributed by atoms with Crippen LogP contribution in [0.25, 0.3) is 0 Å². The van der Waals surface area contributed by atoms with E-state index < -0.39 is 7.25 Å². The minimum absolute atomic E-state index is 1.23. The van der Waals surface area contributed by atoms with Gasteiger partial charge in [0.15, 0.2) is 12.4 Å². The molecule has 15 heavy (non-hydrogen) atoms. The van der Waals surface area contributed by atoms with Gasteiger partial charge in [-0.1, -0.05) is 0 Å². The molecule has 0 aromatic carbocycles. The first-order valence-corrected chi connectivity index (χ1v) is 4.20. The van der Waals surface area contributed by atoms with Crippen molar-refractivity contribution in [2.45, 2.75) is 0 Å². The molecule has 0 atom stereocenters. The molecule has 0 bridgehead atoms. The Hall–Kier alpha value is -1.27. The number of anilines is 1. The lowest BCUT2D eigenvalue weighted by atomic mass is 10.3. The third-order valence-corrected chi connectivity index (χ3v) is 1.48. The standard InChI is InChI=1S/C8H13N2.BF4/c1-9(2)8-4-6-10(3)7-5-8;2-1(3,4)5/h4-7H,1-3H3;/q+1;-1. The van der Waals surface area contributed by atoms with Crippen LogP contribution >= 0.6 is 0 Å². The summed E-state index contributed by atoms with van der Waals surface area (Å²) in [5, 5.41) is 0. The Labute approximate surface area is 86.2 Å². The van der Waals surface area contributed by atoms with Crippen molar-refractivity contribution in [3.8, 4) is 0 Å². The molecule has 0 unspecified atom stereocenters. The van der Waals surface area contributed by atoms with Crippen LogP contribution in [-0.4, -0.2) is 21.3 Å². The zero-order valence-corrected chi connectivity index (χ0v) is 8.79. The number of aryl methyl sites for hydroxylation is 1. The maximum absolute atomic E-state index is 9.75. The van der Waals surface area contributed by atoms with Crippen LogP contribution in [0.5, 0.6) is 0 Å². The lowest BCUT2D eigenvalue weighted by Gasteiger charge is -2.09. The molecule has 0 saturated heterocycles. The second kappa shape index (κ2) is 5.58. The molecular weight excluding hydrogens is 211 g/mol. The SMILES string of the molecule is CN(C)c1cc[n+](C)cc1.F[B-](F)(F)F. The van der Waals surface area contributed by atoms with Gasteiger partial charge in [0.2, 0.25) is 0 Å². The summed E-state index contributed by atoms with van der Waals surface area (Å²) >= 11 is 0. The Morgan fingerprint density at radius 2 is 1.40 bits per heavy atom. The summed E-state index contributed by atoms with van der Waals surface area (Å²) in [5.74, 6) is 0. The highest BCUT2D eigenvalue weighted by Gasteiger charge is 2.20. The maximum atomic E-state index is 9.75. The minimum Gasteiger partial charge on any atom is -0.418 e. The molecule has 1 heterocycles. The van der Waals surface area contributed by atoms with Crippen LogP contribution in [0.15, 0.2) is 24.5 Å². The number of aromatic nitrogens is 1. The average molecular weight is 224 g/mol. The average Bonchev–Trinajstić information content (AvgIpc) is 2.01. The molecule has 0 saturated carbocycles. The van der Waals surface area contributed by atoms with Gasteiger partial charge >= 0.3 is 7.25 Å². The Morgan fingerprint density at radius 1 is 1.07 bits per heavy atom. The molecule has 0 radical (unpaired) electrons. The predicted octanol–water partition coefficient (Wildman–Crippen LogP) is 1.88. The molecule has 0 N–H and O–H groups in total. The van der Waals surface area contributed by atoms with Gasteiger partial charge in [-0.15, -0.1) is 0 Å². The second-order valence-electron chi connectivity index (χ2n) is 3.11. The summed E-state index contributed by atoms with van der Waals surface area (Å²) in [6.07, 6.45) is 4.07. The number of rotatable bonds is 1. The minimum atomic E-state index is -6.00. The van der Waals surface area contributed by atoms with Gasteiger partial charge in [-0.2, -0.15) is 0 Å². The summed E-state index contributed by atoms with van der Waals surface area (Å²) in [7, 11) is 0.0874. The van der Waals surface area contributed by atoms with Crippen LogP contribution in [0, 0.1) is 0 Å². The highest BCUT2D eigenvalue weighted by molar-refractivity contribution is 6.50. The highest BCUT2D eigenvalue weighted by Crippen LogP contribution is 2.06. The number of hydrogen-bond acceptors (Lipinski definition) is 1. The molecule has 1 aromatic rings. The second-order valence-corrected chi connectivity index (χ2v) is 3.11. The number of hydrogen-bond donors (Lipinski definition) is 0. The Balaban J connectivity index is 0.000000336. The first kappa shape index (κ1) is 13.7. The van der Waals surface area contributed by atoms with E-state index in [1.807, 2.05) is 38.1 Å². The quantitative estimate of drug-likeness (QED) is 0.401. The van der Waals surface area contributed by atoms with Crippen LogP contribution in [-0.2, 0) is 7.05 Å². The van der Waals surface area contributed by atoms with E-state index in [4.69, 9.17) is 0 Å². The number of nitrogens with zero attached hydrogens (tertiary/aromatic N) is 2. The molecule has 2 nitrogen and oxygen atoms in total. The molecular formula is C8H13BF4N2. The van der Waals surface area contributed by atoms with E-state index in [0.29, 0.717) is 0 Å². The molecule has 0 spiro atoms. The topological polar surface area (TPSA) is 7.12 Å². The van der Waals surface area contributed by atoms with E-state index in [2.05, 4.69) is 17.0 Å². The molecule has 7 heteroatoms. The third kappa shape index (κ3) is 9.05. The molecule has 0 amide bonds. The van der Waals surface area contributed by atoms with Crippen molar-refractivity contribution in [2.75, 3.05) is 19.0 Å². The van der Waals surface area contributed by atoms with Crippen molar-refractivity contribution in [2.24, 2.45) is 7.05 Å². The van der Waals surface area contributed by atoms with Gasteiger partial charge in [0.05, 0.1) is 0 Å². The van der Waals surface area contributed by atoms with Crippen molar-refractivity contribution in [1.82, 2.24) is 0 Å². The van der Waals surface area contributed by atoms with Crippen molar-refractivity contribution < 1.29 is 21.8 Å². The lowest BCUT2D eigenvalue weighted by Crippen LogP contribution is -2.26. The van der Waals surface area contributed by atoms with E-state index in [9.17, 15) is 17.3 Å². The van der Waals surface area contributed by atoms with Crippen LogP contribution in [0.2, 0.25) is 0 Å². The van der Waals surface area contributed by atoms with Crippen LogP contribution < -0.4 is 9.47 Å². The van der Waals surface area contributed by atoms with Crippen molar-refractivity contribution in [3.05, 3.63) is 24.5 Å². The van der Waals surface area contributed by atoms with Crippen molar-refractivity contribution in [1.29, 1.82) is 0 Å². The van der Waals surface area contributed by atoms with Gasteiger partial charge in [0, 0.05) is 31.9 Å². The monoisotopic (exact) mass is 224 g/mol. The predicted molar refractivity (Wildman–Crippen MR) is 52.1 cm³/mol. The molecule has 86 valence electrons. The molecule has 1 aromatic heterocycles. The van der Waals surface area contributed by atoms with Gasteiger partial charge in [-0.3, -0.25) is 0 Å². The van der Waals surface area contributed by atoms with E-state index in [1.165, 1.54) is 5.69 Å². The summed E-state index contributed by atoms with van der Waals surface area (Å²) in [6.45, 7) is 0. The number of pyridine rings is 1. The van der Waals surface area contributed by atoms with Gasteiger partial charge < -0.3 is 22.2 Å². The third-order valence-electron chi connectivity index (χ3n) is 1.48. The van der Waals surface area contributed by atoms with Crippen molar-refractivity contribution >= 4 is 12.9 Å². The molecule has 0 aliphatic heterocycles. The number of halogens is 4. The van der Waals surface area contributed by atoms with E-state index in [-0.39, 0.29) is 0 Å². The van der Waals surface area contributed by atoms with Crippen LogP contribution in [0.4, 0.5) is 23.0 Å². The summed E-state index contributed by atoms with van der Waals surface area (Å²) in [5.41, 5.74) is 1.23. The van der Waals surface area contributed by atoms with E-state index in [1.54, 1.807) is 0 Å².